The molecule has 3 rings (SSSR count). The van der Waals surface area contributed by atoms with Crippen LogP contribution in [0.15, 0.2) is 34.3 Å². The first-order valence-corrected chi connectivity index (χ1v) is 11.2. The van der Waals surface area contributed by atoms with E-state index in [4.69, 9.17) is 0 Å². The third kappa shape index (κ3) is 4.96. The van der Waals surface area contributed by atoms with Crippen molar-refractivity contribution in [3.8, 4) is 0 Å². The molecule has 6 nitrogen and oxygen atoms in total. The van der Waals surface area contributed by atoms with Gasteiger partial charge < -0.3 is 0 Å². The SMILES string of the molecule is Cc1ccc(S(=O)(=O)N2CCC[C@H](C(=O)NN=C3CCC(C)CC3)C2)cc1. The Morgan fingerprint density at radius 2 is 1.81 bits per heavy atom. The molecule has 0 unspecified atom stereocenters. The summed E-state index contributed by atoms with van der Waals surface area (Å²) < 4.78 is 27.2. The van der Waals surface area contributed by atoms with E-state index in [1.165, 1.54) is 4.31 Å². The third-order valence-electron chi connectivity index (χ3n) is 5.59. The van der Waals surface area contributed by atoms with E-state index in [-0.39, 0.29) is 23.3 Å². The lowest BCUT2D eigenvalue weighted by molar-refractivity contribution is -0.126. The molecule has 1 aromatic carbocycles. The number of hydrazone groups is 1. The van der Waals surface area contributed by atoms with Crippen LogP contribution in [-0.4, -0.2) is 37.4 Å². The summed E-state index contributed by atoms with van der Waals surface area (Å²) in [6.07, 6.45) is 5.45. The van der Waals surface area contributed by atoms with Crippen molar-refractivity contribution in [3.05, 3.63) is 29.8 Å². The summed E-state index contributed by atoms with van der Waals surface area (Å²) in [6, 6.07) is 6.85. The van der Waals surface area contributed by atoms with Crippen molar-refractivity contribution in [2.75, 3.05) is 13.1 Å². The lowest BCUT2D eigenvalue weighted by Gasteiger charge is -2.31. The minimum absolute atomic E-state index is 0.176. The highest BCUT2D eigenvalue weighted by Gasteiger charge is 2.33. The Labute approximate surface area is 162 Å². The van der Waals surface area contributed by atoms with Crippen molar-refractivity contribution in [2.24, 2.45) is 16.9 Å². The molecule has 1 aliphatic carbocycles. The van der Waals surface area contributed by atoms with Crippen LogP contribution in [0.5, 0.6) is 0 Å². The van der Waals surface area contributed by atoms with Gasteiger partial charge in [-0.25, -0.2) is 13.8 Å². The number of piperidine rings is 1. The standard InChI is InChI=1S/C20H29N3O3S/c1-15-5-9-18(10-6-15)21-22-20(24)17-4-3-13-23(14-17)27(25,26)19-11-7-16(2)8-12-19/h7-8,11-12,15,17H,3-6,9-10,13-14H2,1-2H3,(H,22,24)/t15?,17-/m0/s1. The Morgan fingerprint density at radius 1 is 1.15 bits per heavy atom. The number of nitrogens with zero attached hydrogens (tertiary/aromatic N) is 2. The summed E-state index contributed by atoms with van der Waals surface area (Å²) in [5.74, 6) is 0.189. The van der Waals surface area contributed by atoms with Gasteiger partial charge in [-0.1, -0.05) is 24.6 Å². The number of hydrogen-bond donors (Lipinski definition) is 1. The second-order valence-corrected chi connectivity index (χ2v) is 9.79. The smallest absolute Gasteiger partial charge is 0.244 e. The molecule has 2 fully saturated rings. The van der Waals surface area contributed by atoms with Crippen molar-refractivity contribution < 1.29 is 13.2 Å². The van der Waals surface area contributed by atoms with E-state index < -0.39 is 10.0 Å². The van der Waals surface area contributed by atoms with Crippen LogP contribution in [0.1, 0.15) is 51.0 Å². The van der Waals surface area contributed by atoms with Crippen molar-refractivity contribution in [1.82, 2.24) is 9.73 Å². The third-order valence-corrected chi connectivity index (χ3v) is 7.47. The van der Waals surface area contributed by atoms with E-state index in [2.05, 4.69) is 17.5 Å². The zero-order valence-electron chi connectivity index (χ0n) is 16.1. The molecule has 148 valence electrons. The molecule has 1 aliphatic heterocycles. The number of benzene rings is 1. The normalized spacial score (nSPS) is 24.4. The van der Waals surface area contributed by atoms with Gasteiger partial charge >= 0.3 is 0 Å². The van der Waals surface area contributed by atoms with Gasteiger partial charge in [-0.3, -0.25) is 4.79 Å². The molecular formula is C20H29N3O3S. The predicted molar refractivity (Wildman–Crippen MR) is 106 cm³/mol. The van der Waals surface area contributed by atoms with Gasteiger partial charge in [-0.2, -0.15) is 9.41 Å². The fraction of sp³-hybridized carbons (Fsp3) is 0.600. The van der Waals surface area contributed by atoms with Gasteiger partial charge in [-0.05, 0) is 63.5 Å². The molecule has 1 amide bonds. The van der Waals surface area contributed by atoms with Crippen LogP contribution in [0, 0.1) is 18.8 Å². The number of carbonyl (C=O) groups excluding carboxylic acids is 1. The Balaban J connectivity index is 1.62. The van der Waals surface area contributed by atoms with Crippen molar-refractivity contribution >= 4 is 21.6 Å². The molecule has 1 heterocycles. The highest BCUT2D eigenvalue weighted by molar-refractivity contribution is 7.89. The van der Waals surface area contributed by atoms with Gasteiger partial charge in [0, 0.05) is 18.8 Å². The summed E-state index contributed by atoms with van der Waals surface area (Å²) in [6.45, 7) is 4.82. The Hall–Kier alpha value is -1.73. The average Bonchev–Trinajstić information content (AvgIpc) is 2.68. The molecular weight excluding hydrogens is 362 g/mol. The summed E-state index contributed by atoms with van der Waals surface area (Å²) in [5.41, 5.74) is 4.74. The molecule has 1 aromatic rings. The lowest BCUT2D eigenvalue weighted by Crippen LogP contribution is -2.44. The largest absolute Gasteiger partial charge is 0.273 e. The fourth-order valence-corrected chi connectivity index (χ4v) is 5.19. The number of rotatable bonds is 4. The van der Waals surface area contributed by atoms with Gasteiger partial charge in [0.15, 0.2) is 0 Å². The topological polar surface area (TPSA) is 78.8 Å². The number of hydrogen-bond acceptors (Lipinski definition) is 4. The maximum Gasteiger partial charge on any atom is 0.244 e. The molecule has 7 heteroatoms. The molecule has 2 aliphatic rings. The predicted octanol–water partition coefficient (Wildman–Crippen LogP) is 3.08. The molecule has 0 aromatic heterocycles. The summed E-state index contributed by atoms with van der Waals surface area (Å²) in [7, 11) is -3.57. The first-order chi connectivity index (χ1) is 12.9. The van der Waals surface area contributed by atoms with Crippen LogP contribution in [0.3, 0.4) is 0 Å². The molecule has 0 radical (unpaired) electrons. The number of nitrogens with one attached hydrogen (secondary N) is 1. The molecule has 0 spiro atoms. The number of aryl methyl sites for hydroxylation is 1. The Bertz CT molecular complexity index is 792. The fourth-order valence-electron chi connectivity index (χ4n) is 3.67. The van der Waals surface area contributed by atoms with E-state index >= 15 is 0 Å². The minimum atomic E-state index is -3.57. The van der Waals surface area contributed by atoms with E-state index in [0.29, 0.717) is 19.4 Å². The average molecular weight is 392 g/mol. The van der Waals surface area contributed by atoms with Crippen LogP contribution in [0.2, 0.25) is 0 Å². The van der Waals surface area contributed by atoms with Crippen LogP contribution >= 0.6 is 0 Å². The first-order valence-electron chi connectivity index (χ1n) is 9.78. The zero-order valence-corrected chi connectivity index (χ0v) is 17.0. The van der Waals surface area contributed by atoms with Gasteiger partial charge in [0.25, 0.3) is 0 Å². The van der Waals surface area contributed by atoms with Gasteiger partial charge in [0.1, 0.15) is 0 Å². The molecule has 1 atom stereocenters. The summed E-state index contributed by atoms with van der Waals surface area (Å²) in [5, 5.41) is 4.30. The Kier molecular flexibility index (Phi) is 6.32. The summed E-state index contributed by atoms with van der Waals surface area (Å²) in [4.78, 5) is 12.8. The molecule has 27 heavy (non-hydrogen) atoms. The van der Waals surface area contributed by atoms with E-state index in [9.17, 15) is 13.2 Å². The van der Waals surface area contributed by atoms with Gasteiger partial charge in [0.05, 0.1) is 10.8 Å². The highest BCUT2D eigenvalue weighted by Crippen LogP contribution is 2.25. The van der Waals surface area contributed by atoms with E-state index in [1.807, 2.05) is 6.92 Å². The highest BCUT2D eigenvalue weighted by atomic mass is 32.2. The first kappa shape index (κ1) is 20.0. The van der Waals surface area contributed by atoms with Crippen molar-refractivity contribution in [2.45, 2.75) is 57.3 Å². The van der Waals surface area contributed by atoms with Crippen LogP contribution < -0.4 is 5.43 Å². The van der Waals surface area contributed by atoms with Crippen LogP contribution in [-0.2, 0) is 14.8 Å². The van der Waals surface area contributed by atoms with E-state index in [1.54, 1.807) is 24.3 Å². The summed E-state index contributed by atoms with van der Waals surface area (Å²) >= 11 is 0. The number of sulfonamides is 1. The molecule has 1 N–H and O–H groups in total. The Morgan fingerprint density at radius 3 is 2.48 bits per heavy atom. The van der Waals surface area contributed by atoms with Gasteiger partial charge in [0.2, 0.25) is 15.9 Å². The maximum absolute atomic E-state index is 12.9. The zero-order chi connectivity index (χ0) is 19.4. The maximum atomic E-state index is 12.9. The lowest BCUT2D eigenvalue weighted by atomic mass is 9.89. The van der Waals surface area contributed by atoms with Crippen molar-refractivity contribution in [1.29, 1.82) is 0 Å². The monoisotopic (exact) mass is 391 g/mol. The minimum Gasteiger partial charge on any atom is -0.273 e. The van der Waals surface area contributed by atoms with Crippen LogP contribution in [0.25, 0.3) is 0 Å². The molecule has 0 bridgehead atoms. The van der Waals surface area contributed by atoms with Crippen LogP contribution in [0.4, 0.5) is 0 Å². The number of carbonyl (C=O) groups is 1. The molecule has 1 saturated heterocycles. The number of amides is 1. The van der Waals surface area contributed by atoms with Crippen molar-refractivity contribution in [3.63, 3.8) is 0 Å². The second kappa shape index (κ2) is 8.52. The second-order valence-electron chi connectivity index (χ2n) is 7.85. The van der Waals surface area contributed by atoms with E-state index in [0.717, 1.165) is 42.9 Å². The molecule has 1 saturated carbocycles. The van der Waals surface area contributed by atoms with Gasteiger partial charge in [-0.15, -0.1) is 0 Å². The quantitative estimate of drug-likeness (QED) is 0.801.